The van der Waals surface area contributed by atoms with Crippen molar-refractivity contribution in [3.05, 3.63) is 124 Å². The average molecular weight is 551 g/mol. The van der Waals surface area contributed by atoms with Crippen LogP contribution >= 0.6 is 23.4 Å². The zero-order valence-electron chi connectivity index (χ0n) is 20.5. The highest BCUT2D eigenvalue weighted by Gasteiger charge is 2.18. The molecule has 0 aliphatic rings. The predicted octanol–water partition coefficient (Wildman–Crippen LogP) is 7.16. The highest BCUT2D eigenvalue weighted by Crippen LogP contribution is 2.26. The molecule has 4 aromatic rings. The number of anilines is 2. The molecular formula is C29H27ClN2O3S2. The smallest absolute Gasteiger partial charge is 0.255 e. The van der Waals surface area contributed by atoms with Gasteiger partial charge < -0.3 is 5.32 Å². The summed E-state index contributed by atoms with van der Waals surface area (Å²) in [6.45, 7) is 2.10. The van der Waals surface area contributed by atoms with E-state index in [9.17, 15) is 13.2 Å². The summed E-state index contributed by atoms with van der Waals surface area (Å²) in [4.78, 5) is 14.1. The molecule has 5 nitrogen and oxygen atoms in total. The Morgan fingerprint density at radius 3 is 2.24 bits per heavy atom. The number of amides is 1. The molecule has 0 aliphatic carbocycles. The normalized spacial score (nSPS) is 11.2. The zero-order valence-corrected chi connectivity index (χ0v) is 22.9. The summed E-state index contributed by atoms with van der Waals surface area (Å²) in [6, 6.07) is 29.9. The Labute approximate surface area is 227 Å². The minimum Gasteiger partial charge on any atom is -0.322 e. The number of carbonyl (C=O) groups is 1. The lowest BCUT2D eigenvalue weighted by Crippen LogP contribution is -2.29. The second-order valence-corrected chi connectivity index (χ2v) is 12.0. The molecule has 0 bridgehead atoms. The Morgan fingerprint density at radius 1 is 0.892 bits per heavy atom. The van der Waals surface area contributed by atoms with E-state index in [1.807, 2.05) is 37.3 Å². The third kappa shape index (κ3) is 7.38. The maximum Gasteiger partial charge on any atom is 0.255 e. The number of benzene rings is 4. The fourth-order valence-corrected chi connectivity index (χ4v) is 5.72. The van der Waals surface area contributed by atoms with E-state index in [2.05, 4.69) is 23.5 Å². The van der Waals surface area contributed by atoms with Crippen LogP contribution in [0.4, 0.5) is 11.4 Å². The molecule has 1 N–H and O–H groups in total. The first-order valence-electron chi connectivity index (χ1n) is 11.6. The van der Waals surface area contributed by atoms with Gasteiger partial charge in [0.15, 0.2) is 0 Å². The fraction of sp³-hybridized carbons (Fsp3) is 0.138. The molecule has 0 fully saturated rings. The van der Waals surface area contributed by atoms with Crippen molar-refractivity contribution in [1.29, 1.82) is 0 Å². The maximum atomic E-state index is 12.9. The Morgan fingerprint density at radius 2 is 1.59 bits per heavy atom. The van der Waals surface area contributed by atoms with Crippen LogP contribution < -0.4 is 9.62 Å². The minimum absolute atomic E-state index is 0.128. The van der Waals surface area contributed by atoms with Crippen molar-refractivity contribution in [1.82, 2.24) is 0 Å². The molecule has 0 aromatic heterocycles. The monoisotopic (exact) mass is 550 g/mol. The second kappa shape index (κ2) is 11.9. The van der Waals surface area contributed by atoms with Crippen molar-refractivity contribution in [3.63, 3.8) is 0 Å². The van der Waals surface area contributed by atoms with Gasteiger partial charge in [0.2, 0.25) is 10.0 Å². The highest BCUT2D eigenvalue weighted by molar-refractivity contribution is 7.98. The summed E-state index contributed by atoms with van der Waals surface area (Å²) < 4.78 is 26.1. The van der Waals surface area contributed by atoms with Gasteiger partial charge in [0.1, 0.15) is 0 Å². The van der Waals surface area contributed by atoms with Crippen molar-refractivity contribution in [2.75, 3.05) is 15.9 Å². The van der Waals surface area contributed by atoms with Crippen LogP contribution in [0.2, 0.25) is 5.02 Å². The van der Waals surface area contributed by atoms with E-state index in [1.54, 1.807) is 60.3 Å². The van der Waals surface area contributed by atoms with Crippen LogP contribution in [0.3, 0.4) is 0 Å². The van der Waals surface area contributed by atoms with Crippen LogP contribution in [-0.4, -0.2) is 20.6 Å². The molecule has 4 rings (SSSR count). The van der Waals surface area contributed by atoms with Gasteiger partial charge in [-0.2, -0.15) is 0 Å². The number of rotatable bonds is 9. The van der Waals surface area contributed by atoms with E-state index < -0.39 is 10.0 Å². The summed E-state index contributed by atoms with van der Waals surface area (Å²) in [5.41, 5.74) is 4.65. The topological polar surface area (TPSA) is 66.5 Å². The Balaban J connectivity index is 1.41. The summed E-state index contributed by atoms with van der Waals surface area (Å²) in [6.07, 6.45) is 1.16. The zero-order chi connectivity index (χ0) is 26.4. The molecule has 4 aromatic carbocycles. The molecule has 0 heterocycles. The number of aryl methyl sites for hydroxylation is 1. The molecule has 0 radical (unpaired) electrons. The van der Waals surface area contributed by atoms with Gasteiger partial charge in [-0.05, 0) is 72.1 Å². The van der Waals surface area contributed by atoms with Gasteiger partial charge in [0.25, 0.3) is 5.91 Å². The number of thioether (sulfide) groups is 1. The SMILES string of the molecule is Cc1cc(CSc2ccccc2)ccc1NC(=O)c1ccc(CN(c2cccc(Cl)c2)S(C)(=O)=O)cc1. The Bertz CT molecular complexity index is 1490. The summed E-state index contributed by atoms with van der Waals surface area (Å²) in [5, 5.41) is 3.43. The molecule has 0 atom stereocenters. The highest BCUT2D eigenvalue weighted by atomic mass is 35.5. The standard InChI is InChI=1S/C29H27ClN2O3S2/c1-21-17-23(20-36-27-9-4-3-5-10-27)13-16-28(21)31-29(33)24-14-11-22(12-15-24)19-32(37(2,34)35)26-8-6-7-25(30)18-26/h3-18H,19-20H2,1-2H3,(H,31,33). The average Bonchev–Trinajstić information content (AvgIpc) is 2.87. The van der Waals surface area contributed by atoms with Crippen LogP contribution in [0.5, 0.6) is 0 Å². The summed E-state index contributed by atoms with van der Waals surface area (Å²) in [5.74, 6) is 0.621. The molecule has 8 heteroatoms. The number of halogens is 1. The predicted molar refractivity (Wildman–Crippen MR) is 154 cm³/mol. The lowest BCUT2D eigenvalue weighted by atomic mass is 10.1. The summed E-state index contributed by atoms with van der Waals surface area (Å²) in [7, 11) is -3.53. The van der Waals surface area contributed by atoms with E-state index in [4.69, 9.17) is 11.6 Å². The van der Waals surface area contributed by atoms with Crippen LogP contribution in [-0.2, 0) is 22.3 Å². The fourth-order valence-electron chi connectivity index (χ4n) is 3.79. The second-order valence-electron chi connectivity index (χ2n) is 8.65. The molecule has 0 saturated carbocycles. The molecule has 1 amide bonds. The van der Waals surface area contributed by atoms with Gasteiger partial charge in [0, 0.05) is 26.9 Å². The van der Waals surface area contributed by atoms with E-state index in [0.717, 1.165) is 28.8 Å². The van der Waals surface area contributed by atoms with Crippen LogP contribution in [0.1, 0.15) is 27.0 Å². The van der Waals surface area contributed by atoms with Crippen molar-refractivity contribution < 1.29 is 13.2 Å². The molecule has 0 saturated heterocycles. The number of sulfonamides is 1. The molecule has 0 aliphatic heterocycles. The van der Waals surface area contributed by atoms with E-state index in [0.29, 0.717) is 16.3 Å². The Hall–Kier alpha value is -3.26. The van der Waals surface area contributed by atoms with Crippen molar-refractivity contribution >= 4 is 50.7 Å². The van der Waals surface area contributed by atoms with Crippen molar-refractivity contribution in [2.24, 2.45) is 0 Å². The van der Waals surface area contributed by atoms with E-state index >= 15 is 0 Å². The molecule has 0 unspecified atom stereocenters. The first kappa shape index (κ1) is 26.8. The van der Waals surface area contributed by atoms with E-state index in [1.165, 1.54) is 14.8 Å². The Kier molecular flexibility index (Phi) is 8.59. The minimum atomic E-state index is -3.53. The lowest BCUT2D eigenvalue weighted by molar-refractivity contribution is 0.102. The quantitative estimate of drug-likeness (QED) is 0.224. The summed E-state index contributed by atoms with van der Waals surface area (Å²) >= 11 is 7.83. The van der Waals surface area contributed by atoms with Gasteiger partial charge >= 0.3 is 0 Å². The van der Waals surface area contributed by atoms with Gasteiger partial charge in [0.05, 0.1) is 18.5 Å². The van der Waals surface area contributed by atoms with Crippen LogP contribution in [0, 0.1) is 6.92 Å². The maximum absolute atomic E-state index is 12.9. The van der Waals surface area contributed by atoms with Gasteiger partial charge in [-0.15, -0.1) is 11.8 Å². The number of carbonyl (C=O) groups excluding carboxylic acids is 1. The van der Waals surface area contributed by atoms with Gasteiger partial charge in [-0.1, -0.05) is 60.1 Å². The first-order chi connectivity index (χ1) is 17.7. The lowest BCUT2D eigenvalue weighted by Gasteiger charge is -2.22. The largest absolute Gasteiger partial charge is 0.322 e. The van der Waals surface area contributed by atoms with E-state index in [-0.39, 0.29) is 12.5 Å². The number of hydrogen-bond acceptors (Lipinski definition) is 4. The van der Waals surface area contributed by atoms with Crippen molar-refractivity contribution in [2.45, 2.75) is 24.1 Å². The molecular weight excluding hydrogens is 524 g/mol. The van der Waals surface area contributed by atoms with Gasteiger partial charge in [-0.25, -0.2) is 8.42 Å². The number of nitrogens with one attached hydrogen (secondary N) is 1. The first-order valence-corrected chi connectivity index (χ1v) is 14.8. The third-order valence-electron chi connectivity index (χ3n) is 5.73. The number of nitrogens with zero attached hydrogens (tertiary/aromatic N) is 1. The van der Waals surface area contributed by atoms with Gasteiger partial charge in [-0.3, -0.25) is 9.10 Å². The molecule has 0 spiro atoms. The van der Waals surface area contributed by atoms with Crippen LogP contribution in [0.25, 0.3) is 0 Å². The van der Waals surface area contributed by atoms with Crippen molar-refractivity contribution in [3.8, 4) is 0 Å². The molecule has 37 heavy (non-hydrogen) atoms. The number of hydrogen-bond donors (Lipinski definition) is 1. The third-order valence-corrected chi connectivity index (χ3v) is 8.19. The molecule has 190 valence electrons. The van der Waals surface area contributed by atoms with Crippen LogP contribution in [0.15, 0.2) is 102 Å².